The monoisotopic (exact) mass is 251 g/mol. The van der Waals surface area contributed by atoms with E-state index >= 15 is 0 Å². The van der Waals surface area contributed by atoms with Crippen molar-refractivity contribution in [2.75, 3.05) is 0 Å². The summed E-state index contributed by atoms with van der Waals surface area (Å²) in [5.74, 6) is 6.34. The number of hydrogen-bond donors (Lipinski definition) is 2. The third kappa shape index (κ3) is 1.96. The van der Waals surface area contributed by atoms with Crippen LogP contribution in [0.25, 0.3) is 0 Å². The predicted molar refractivity (Wildman–Crippen MR) is 66.6 cm³/mol. The van der Waals surface area contributed by atoms with Gasteiger partial charge in [0.15, 0.2) is 10.9 Å². The number of nitrogens with zero attached hydrogens (tertiary/aromatic N) is 1. The molecule has 2 heterocycles. The maximum absolute atomic E-state index is 11.7. The van der Waals surface area contributed by atoms with Gasteiger partial charge in [-0.05, 0) is 38.2 Å². The largest absolute Gasteiger partial charge is 0.467 e. The standard InChI is InChI=1S/C11H13N3O2S/c1-6-9(7(2)15)10(8-4-3-5-16-8)13-11(17)14(6)12/h3-5,10H,12H2,1-2H3,(H,13,17)/t10-/m1/s1. The Balaban J connectivity index is 2.51. The number of allylic oxidation sites excluding steroid dienone is 1. The van der Waals surface area contributed by atoms with Crippen LogP contribution in [0.15, 0.2) is 34.1 Å². The molecule has 0 radical (unpaired) electrons. The molecule has 0 fully saturated rings. The summed E-state index contributed by atoms with van der Waals surface area (Å²) in [4.78, 5) is 11.7. The number of thiocarbonyl (C=S) groups is 1. The first kappa shape index (κ1) is 11.8. The highest BCUT2D eigenvalue weighted by Crippen LogP contribution is 2.29. The summed E-state index contributed by atoms with van der Waals surface area (Å²) in [5, 5.41) is 4.66. The van der Waals surface area contributed by atoms with Crippen molar-refractivity contribution in [2.24, 2.45) is 5.84 Å². The van der Waals surface area contributed by atoms with Crippen LogP contribution >= 0.6 is 12.2 Å². The molecule has 0 bridgehead atoms. The van der Waals surface area contributed by atoms with Crippen LogP contribution in [0.3, 0.4) is 0 Å². The number of carbonyl (C=O) groups excluding carboxylic acids is 1. The molecule has 6 heteroatoms. The Bertz CT molecular complexity index is 493. The Morgan fingerprint density at radius 3 is 2.88 bits per heavy atom. The van der Waals surface area contributed by atoms with Crippen LogP contribution in [0, 0.1) is 0 Å². The molecule has 0 amide bonds. The van der Waals surface area contributed by atoms with E-state index in [1.807, 2.05) is 0 Å². The van der Waals surface area contributed by atoms with E-state index in [0.717, 1.165) is 0 Å². The lowest BCUT2D eigenvalue weighted by Crippen LogP contribution is -2.50. The van der Waals surface area contributed by atoms with E-state index in [1.165, 1.54) is 11.9 Å². The lowest BCUT2D eigenvalue weighted by Gasteiger charge is -2.33. The van der Waals surface area contributed by atoms with Gasteiger partial charge in [0.1, 0.15) is 11.8 Å². The molecule has 0 spiro atoms. The van der Waals surface area contributed by atoms with Crippen LogP contribution in [0.2, 0.25) is 0 Å². The number of Topliss-reactive ketones (excluding diaryl/α,β-unsaturated/α-hetero) is 1. The molecular formula is C11H13N3O2S. The number of nitrogens with two attached hydrogens (primary N) is 1. The summed E-state index contributed by atoms with van der Waals surface area (Å²) < 4.78 is 5.32. The summed E-state index contributed by atoms with van der Waals surface area (Å²) in [6.45, 7) is 3.26. The molecule has 0 unspecified atom stereocenters. The smallest absolute Gasteiger partial charge is 0.188 e. The van der Waals surface area contributed by atoms with Gasteiger partial charge in [-0.15, -0.1) is 0 Å². The van der Waals surface area contributed by atoms with E-state index in [9.17, 15) is 4.79 Å². The number of furan rings is 1. The SMILES string of the molecule is CC(=O)C1=C(C)N(N)C(=S)N[C@@H]1c1ccco1. The van der Waals surface area contributed by atoms with Gasteiger partial charge >= 0.3 is 0 Å². The molecule has 90 valence electrons. The average Bonchev–Trinajstić information content (AvgIpc) is 2.77. The van der Waals surface area contributed by atoms with Crippen molar-refractivity contribution in [1.29, 1.82) is 0 Å². The molecule has 2 rings (SSSR count). The highest BCUT2D eigenvalue weighted by atomic mass is 32.1. The minimum Gasteiger partial charge on any atom is -0.467 e. The fourth-order valence-electron chi connectivity index (χ4n) is 1.88. The van der Waals surface area contributed by atoms with Crippen LogP contribution in [-0.4, -0.2) is 15.9 Å². The summed E-state index contributed by atoms with van der Waals surface area (Å²) in [6, 6.07) is 3.19. The van der Waals surface area contributed by atoms with E-state index in [-0.39, 0.29) is 11.8 Å². The van der Waals surface area contributed by atoms with Gasteiger partial charge in [-0.25, -0.2) is 5.84 Å². The highest BCUT2D eigenvalue weighted by Gasteiger charge is 2.32. The van der Waals surface area contributed by atoms with Crippen LogP contribution in [0.1, 0.15) is 25.6 Å². The number of nitrogens with one attached hydrogen (secondary N) is 1. The molecular weight excluding hydrogens is 238 g/mol. The van der Waals surface area contributed by atoms with E-state index in [1.54, 1.807) is 25.3 Å². The molecule has 1 aliphatic rings. The molecule has 1 atom stereocenters. The highest BCUT2D eigenvalue weighted by molar-refractivity contribution is 7.80. The normalized spacial score (nSPS) is 20.5. The summed E-state index contributed by atoms with van der Waals surface area (Å²) >= 11 is 5.10. The molecule has 0 saturated heterocycles. The van der Waals surface area contributed by atoms with Gasteiger partial charge in [0, 0.05) is 11.3 Å². The van der Waals surface area contributed by atoms with Crippen LogP contribution in [0.4, 0.5) is 0 Å². The molecule has 1 aliphatic heterocycles. The van der Waals surface area contributed by atoms with Gasteiger partial charge in [-0.3, -0.25) is 9.80 Å². The van der Waals surface area contributed by atoms with Gasteiger partial charge in [-0.1, -0.05) is 0 Å². The van der Waals surface area contributed by atoms with Gasteiger partial charge in [0.05, 0.1) is 6.26 Å². The second kappa shape index (κ2) is 4.31. The Morgan fingerprint density at radius 1 is 1.65 bits per heavy atom. The lowest BCUT2D eigenvalue weighted by molar-refractivity contribution is -0.114. The molecule has 0 saturated carbocycles. The molecule has 1 aromatic heterocycles. The minimum atomic E-state index is -0.366. The fourth-order valence-corrected chi connectivity index (χ4v) is 2.14. The Labute approximate surface area is 104 Å². The molecule has 1 aromatic rings. The first-order valence-electron chi connectivity index (χ1n) is 5.12. The van der Waals surface area contributed by atoms with Crippen molar-refractivity contribution in [3.8, 4) is 0 Å². The summed E-state index contributed by atoms with van der Waals surface area (Å²) in [5.41, 5.74) is 1.21. The van der Waals surface area contributed by atoms with Gasteiger partial charge in [0.25, 0.3) is 0 Å². The van der Waals surface area contributed by atoms with Crippen molar-refractivity contribution < 1.29 is 9.21 Å². The third-order valence-electron chi connectivity index (χ3n) is 2.73. The van der Waals surface area contributed by atoms with E-state index < -0.39 is 0 Å². The number of carbonyl (C=O) groups is 1. The fraction of sp³-hybridized carbons (Fsp3) is 0.273. The second-order valence-corrected chi connectivity index (χ2v) is 4.21. The number of rotatable bonds is 2. The molecule has 5 nitrogen and oxygen atoms in total. The van der Waals surface area contributed by atoms with E-state index in [2.05, 4.69) is 5.32 Å². The van der Waals surface area contributed by atoms with Crippen LogP contribution in [0.5, 0.6) is 0 Å². The maximum Gasteiger partial charge on any atom is 0.188 e. The molecule has 0 aromatic carbocycles. The molecule has 17 heavy (non-hydrogen) atoms. The van der Waals surface area contributed by atoms with Crippen LogP contribution in [-0.2, 0) is 4.79 Å². The number of ketones is 1. The van der Waals surface area contributed by atoms with Gasteiger partial charge in [0.2, 0.25) is 0 Å². The average molecular weight is 251 g/mol. The maximum atomic E-state index is 11.7. The first-order chi connectivity index (χ1) is 8.02. The van der Waals surface area contributed by atoms with E-state index in [4.69, 9.17) is 22.5 Å². The second-order valence-electron chi connectivity index (χ2n) is 3.82. The topological polar surface area (TPSA) is 71.5 Å². The first-order valence-corrected chi connectivity index (χ1v) is 5.53. The van der Waals surface area contributed by atoms with Gasteiger partial charge in [-0.2, -0.15) is 0 Å². The minimum absolute atomic E-state index is 0.0608. The Hall–Kier alpha value is -1.66. The molecule has 0 aliphatic carbocycles. The Morgan fingerprint density at radius 2 is 2.35 bits per heavy atom. The van der Waals surface area contributed by atoms with Crippen molar-refractivity contribution in [2.45, 2.75) is 19.9 Å². The summed E-state index contributed by atoms with van der Waals surface area (Å²) in [6.07, 6.45) is 1.56. The van der Waals surface area contributed by atoms with Crippen molar-refractivity contribution >= 4 is 23.1 Å². The van der Waals surface area contributed by atoms with E-state index in [0.29, 0.717) is 22.1 Å². The zero-order valence-corrected chi connectivity index (χ0v) is 10.4. The predicted octanol–water partition coefficient (Wildman–Crippen LogP) is 1.25. The number of hydrogen-bond acceptors (Lipinski definition) is 4. The lowest BCUT2D eigenvalue weighted by atomic mass is 9.97. The third-order valence-corrected chi connectivity index (χ3v) is 3.05. The van der Waals surface area contributed by atoms with Crippen molar-refractivity contribution in [3.63, 3.8) is 0 Å². The zero-order valence-electron chi connectivity index (χ0n) is 9.56. The zero-order chi connectivity index (χ0) is 12.6. The molecule has 3 N–H and O–H groups in total. The van der Waals surface area contributed by atoms with Gasteiger partial charge < -0.3 is 9.73 Å². The number of hydrazine groups is 1. The Kier molecular flexibility index (Phi) is 2.99. The van der Waals surface area contributed by atoms with Crippen LogP contribution < -0.4 is 11.2 Å². The quantitative estimate of drug-likeness (QED) is 0.609. The van der Waals surface area contributed by atoms with Crippen molar-refractivity contribution in [1.82, 2.24) is 10.3 Å². The summed E-state index contributed by atoms with van der Waals surface area (Å²) in [7, 11) is 0. The van der Waals surface area contributed by atoms with Crippen molar-refractivity contribution in [3.05, 3.63) is 35.4 Å².